The number of hydrogen-bond donors (Lipinski definition) is 2. The Hall–Kier alpha value is -0.880. The number of aromatic nitrogens is 1. The van der Waals surface area contributed by atoms with Crippen LogP contribution >= 0.6 is 24.0 Å². The summed E-state index contributed by atoms with van der Waals surface area (Å²) in [5, 5.41) is 6.45. The molecule has 0 aliphatic carbocycles. The standard InChI is InChI=1S/C15H27N5O3S.HI/c1-5-16-15(18-9-14-19-11(2)12(3)23-14)17-8-13-6-7-20(10-13)24(4,21)22;/h13H,5-10H2,1-4H3,(H2,16,17,18);1H. The van der Waals surface area contributed by atoms with Gasteiger partial charge in [-0.1, -0.05) is 0 Å². The number of hydrogen-bond acceptors (Lipinski definition) is 5. The molecule has 1 unspecified atom stereocenters. The van der Waals surface area contributed by atoms with Crippen molar-refractivity contribution >= 4 is 40.0 Å². The van der Waals surface area contributed by atoms with E-state index in [2.05, 4.69) is 20.6 Å². The number of nitrogens with zero attached hydrogens (tertiary/aromatic N) is 3. The van der Waals surface area contributed by atoms with Crippen LogP contribution < -0.4 is 10.6 Å². The van der Waals surface area contributed by atoms with Crippen molar-refractivity contribution in [2.24, 2.45) is 10.9 Å². The van der Waals surface area contributed by atoms with Gasteiger partial charge in [-0.25, -0.2) is 22.7 Å². The lowest BCUT2D eigenvalue weighted by Gasteiger charge is -2.16. The number of rotatable bonds is 6. The maximum absolute atomic E-state index is 11.6. The van der Waals surface area contributed by atoms with Crippen molar-refractivity contribution in [2.75, 3.05) is 32.4 Å². The van der Waals surface area contributed by atoms with E-state index >= 15 is 0 Å². The van der Waals surface area contributed by atoms with Crippen LogP contribution in [0.1, 0.15) is 30.7 Å². The summed E-state index contributed by atoms with van der Waals surface area (Å²) in [4.78, 5) is 8.79. The Balaban J connectivity index is 0.00000312. The van der Waals surface area contributed by atoms with Gasteiger partial charge in [-0.05, 0) is 33.1 Å². The molecule has 25 heavy (non-hydrogen) atoms. The average Bonchev–Trinajstić information content (AvgIpc) is 3.09. The number of oxazole rings is 1. The first-order chi connectivity index (χ1) is 11.3. The minimum Gasteiger partial charge on any atom is -0.444 e. The van der Waals surface area contributed by atoms with Crippen molar-refractivity contribution in [1.29, 1.82) is 0 Å². The molecule has 0 bridgehead atoms. The SMILES string of the molecule is CCNC(=NCc1nc(C)c(C)o1)NCC1CCN(S(C)(=O)=O)C1.I. The molecule has 0 aromatic carbocycles. The Morgan fingerprint density at radius 2 is 2.12 bits per heavy atom. The van der Waals surface area contributed by atoms with Crippen LogP contribution in [0, 0.1) is 19.8 Å². The molecule has 0 radical (unpaired) electrons. The van der Waals surface area contributed by atoms with Gasteiger partial charge in [0.25, 0.3) is 0 Å². The van der Waals surface area contributed by atoms with Gasteiger partial charge in [-0.2, -0.15) is 0 Å². The Morgan fingerprint density at radius 1 is 1.40 bits per heavy atom. The van der Waals surface area contributed by atoms with Gasteiger partial charge < -0.3 is 15.1 Å². The minimum atomic E-state index is -3.09. The Morgan fingerprint density at radius 3 is 2.64 bits per heavy atom. The van der Waals surface area contributed by atoms with Crippen LogP contribution in [0.4, 0.5) is 0 Å². The summed E-state index contributed by atoms with van der Waals surface area (Å²) in [7, 11) is -3.09. The molecule has 2 heterocycles. The van der Waals surface area contributed by atoms with Crippen molar-refractivity contribution in [2.45, 2.75) is 33.7 Å². The van der Waals surface area contributed by atoms with E-state index in [-0.39, 0.29) is 29.9 Å². The van der Waals surface area contributed by atoms with Crippen LogP contribution in [0.5, 0.6) is 0 Å². The second-order valence-electron chi connectivity index (χ2n) is 6.10. The third-order valence-electron chi connectivity index (χ3n) is 4.07. The normalized spacial score (nSPS) is 18.9. The van der Waals surface area contributed by atoms with E-state index in [1.807, 2.05) is 20.8 Å². The van der Waals surface area contributed by atoms with Crippen molar-refractivity contribution in [3.8, 4) is 0 Å². The van der Waals surface area contributed by atoms with Crippen LogP contribution in [0.15, 0.2) is 9.41 Å². The molecule has 144 valence electrons. The molecule has 2 N–H and O–H groups in total. The Labute approximate surface area is 166 Å². The van der Waals surface area contributed by atoms with E-state index in [9.17, 15) is 8.42 Å². The van der Waals surface area contributed by atoms with Crippen molar-refractivity contribution in [1.82, 2.24) is 19.9 Å². The predicted octanol–water partition coefficient (Wildman–Crippen LogP) is 1.25. The van der Waals surface area contributed by atoms with Gasteiger partial charge in [0, 0.05) is 26.2 Å². The van der Waals surface area contributed by atoms with Gasteiger partial charge in [0.15, 0.2) is 5.96 Å². The van der Waals surface area contributed by atoms with Gasteiger partial charge in [0.1, 0.15) is 12.3 Å². The average molecular weight is 485 g/mol. The van der Waals surface area contributed by atoms with E-state index in [4.69, 9.17) is 4.42 Å². The maximum Gasteiger partial charge on any atom is 0.216 e. The predicted molar refractivity (Wildman–Crippen MR) is 109 cm³/mol. The highest BCUT2D eigenvalue weighted by atomic mass is 127. The van der Waals surface area contributed by atoms with Crippen LogP contribution in [0.25, 0.3) is 0 Å². The molecular formula is C15H28IN5O3S. The van der Waals surface area contributed by atoms with E-state index in [0.717, 1.165) is 24.4 Å². The summed E-state index contributed by atoms with van der Waals surface area (Å²) >= 11 is 0. The Kier molecular flexibility index (Phi) is 8.61. The van der Waals surface area contributed by atoms with Gasteiger partial charge >= 0.3 is 0 Å². The van der Waals surface area contributed by atoms with Gasteiger partial charge in [-0.15, -0.1) is 24.0 Å². The third-order valence-corrected chi connectivity index (χ3v) is 5.33. The molecule has 1 aliphatic heterocycles. The summed E-state index contributed by atoms with van der Waals surface area (Å²) < 4.78 is 30.2. The zero-order valence-corrected chi connectivity index (χ0v) is 18.3. The van der Waals surface area contributed by atoms with Crippen molar-refractivity contribution in [3.05, 3.63) is 17.3 Å². The lowest BCUT2D eigenvalue weighted by Crippen LogP contribution is -2.40. The molecule has 1 aromatic heterocycles. The first-order valence-electron chi connectivity index (χ1n) is 8.19. The molecule has 0 spiro atoms. The highest BCUT2D eigenvalue weighted by Crippen LogP contribution is 2.17. The summed E-state index contributed by atoms with van der Waals surface area (Å²) in [5.74, 6) is 2.37. The van der Waals surface area contributed by atoms with Gasteiger partial charge in [0.2, 0.25) is 15.9 Å². The monoisotopic (exact) mass is 485 g/mol. The first kappa shape index (κ1) is 22.2. The summed E-state index contributed by atoms with van der Waals surface area (Å²) in [5.41, 5.74) is 0.880. The molecule has 1 aliphatic rings. The fraction of sp³-hybridized carbons (Fsp3) is 0.733. The number of sulfonamides is 1. The largest absolute Gasteiger partial charge is 0.444 e. The highest BCUT2D eigenvalue weighted by Gasteiger charge is 2.28. The lowest BCUT2D eigenvalue weighted by atomic mass is 10.1. The topological polar surface area (TPSA) is 99.8 Å². The molecule has 10 heteroatoms. The van der Waals surface area contributed by atoms with Crippen molar-refractivity contribution < 1.29 is 12.8 Å². The van der Waals surface area contributed by atoms with Gasteiger partial charge in [-0.3, -0.25) is 0 Å². The summed E-state index contributed by atoms with van der Waals surface area (Å²) in [6.07, 6.45) is 2.12. The summed E-state index contributed by atoms with van der Waals surface area (Å²) in [6, 6.07) is 0. The molecule has 8 nitrogen and oxygen atoms in total. The minimum absolute atomic E-state index is 0. The smallest absolute Gasteiger partial charge is 0.216 e. The molecule has 1 atom stereocenters. The Bertz CT molecular complexity index is 670. The first-order valence-corrected chi connectivity index (χ1v) is 10.0. The molecule has 1 aromatic rings. The fourth-order valence-electron chi connectivity index (χ4n) is 2.60. The quantitative estimate of drug-likeness (QED) is 0.358. The van der Waals surface area contributed by atoms with Crippen LogP contribution in [0.3, 0.4) is 0 Å². The lowest BCUT2D eigenvalue weighted by molar-refractivity contribution is 0.458. The van der Waals surface area contributed by atoms with E-state index in [1.54, 1.807) is 0 Å². The van der Waals surface area contributed by atoms with Crippen LogP contribution in [0.2, 0.25) is 0 Å². The number of guanidine groups is 1. The highest BCUT2D eigenvalue weighted by molar-refractivity contribution is 14.0. The number of halogens is 1. The number of aryl methyl sites for hydroxylation is 2. The molecule has 0 saturated carbocycles. The number of aliphatic imine (C=N–C) groups is 1. The fourth-order valence-corrected chi connectivity index (χ4v) is 3.52. The second-order valence-corrected chi connectivity index (χ2v) is 8.08. The molecular weight excluding hydrogens is 457 g/mol. The molecule has 1 fully saturated rings. The van der Waals surface area contributed by atoms with Crippen LogP contribution in [-0.2, 0) is 16.6 Å². The summed E-state index contributed by atoms with van der Waals surface area (Å²) in [6.45, 7) is 8.73. The zero-order chi connectivity index (χ0) is 17.7. The van der Waals surface area contributed by atoms with Crippen LogP contribution in [-0.4, -0.2) is 56.1 Å². The van der Waals surface area contributed by atoms with E-state index < -0.39 is 10.0 Å². The number of nitrogens with one attached hydrogen (secondary N) is 2. The molecule has 1 saturated heterocycles. The zero-order valence-electron chi connectivity index (χ0n) is 15.2. The van der Waals surface area contributed by atoms with E-state index in [1.165, 1.54) is 10.6 Å². The van der Waals surface area contributed by atoms with Crippen molar-refractivity contribution in [3.63, 3.8) is 0 Å². The third kappa shape index (κ3) is 6.74. The van der Waals surface area contributed by atoms with E-state index in [0.29, 0.717) is 38.0 Å². The molecule has 2 rings (SSSR count). The second kappa shape index (κ2) is 9.72. The maximum atomic E-state index is 11.6. The van der Waals surface area contributed by atoms with Gasteiger partial charge in [0.05, 0.1) is 11.9 Å². The molecule has 0 amide bonds.